The summed E-state index contributed by atoms with van der Waals surface area (Å²) in [5, 5.41) is 19.0. The number of ether oxygens (including phenoxy) is 1. The van der Waals surface area contributed by atoms with Crippen molar-refractivity contribution in [3.8, 4) is 5.75 Å². The summed E-state index contributed by atoms with van der Waals surface area (Å²) >= 11 is 5.68. The summed E-state index contributed by atoms with van der Waals surface area (Å²) in [7, 11) is 0. The molecule has 1 unspecified atom stereocenters. The quantitative estimate of drug-likeness (QED) is 0.599. The second-order valence-electron chi connectivity index (χ2n) is 3.45. The molecule has 0 saturated carbocycles. The average molecular weight is 275 g/mol. The molecule has 18 heavy (non-hydrogen) atoms. The normalized spacial score (nSPS) is 11.9. The largest absolute Gasteiger partial charge is 0.493 e. The first-order valence-electron chi connectivity index (χ1n) is 4.97. The number of carbonyl (C=O) groups is 1. The van der Waals surface area contributed by atoms with Crippen LogP contribution in [0.5, 0.6) is 5.75 Å². The molecule has 0 aromatic heterocycles. The lowest BCUT2D eigenvalue weighted by Gasteiger charge is -2.08. The van der Waals surface area contributed by atoms with Crippen molar-refractivity contribution >= 4 is 23.3 Å². The van der Waals surface area contributed by atoms with Gasteiger partial charge in [-0.15, -0.1) is 0 Å². The van der Waals surface area contributed by atoms with Crippen molar-refractivity contribution in [2.75, 3.05) is 6.61 Å². The molecule has 1 rings (SSSR count). The highest BCUT2D eigenvalue weighted by Crippen LogP contribution is 2.28. The van der Waals surface area contributed by atoms with Crippen molar-refractivity contribution in [1.82, 2.24) is 0 Å². The van der Waals surface area contributed by atoms with Crippen molar-refractivity contribution in [2.24, 2.45) is 5.73 Å². The molecule has 0 heterocycles. The second-order valence-corrected chi connectivity index (χ2v) is 3.86. The molecule has 0 radical (unpaired) electrons. The van der Waals surface area contributed by atoms with E-state index in [1.165, 1.54) is 18.2 Å². The van der Waals surface area contributed by atoms with Gasteiger partial charge in [0.05, 0.1) is 11.5 Å². The van der Waals surface area contributed by atoms with Crippen molar-refractivity contribution in [3.05, 3.63) is 33.3 Å². The van der Waals surface area contributed by atoms with E-state index in [0.29, 0.717) is 5.75 Å². The van der Waals surface area contributed by atoms with E-state index in [2.05, 4.69) is 0 Å². The minimum Gasteiger partial charge on any atom is -0.493 e. The fourth-order valence-electron chi connectivity index (χ4n) is 1.15. The van der Waals surface area contributed by atoms with Gasteiger partial charge in [-0.05, 0) is 6.07 Å². The van der Waals surface area contributed by atoms with Crippen LogP contribution in [0.3, 0.4) is 0 Å². The predicted octanol–water partition coefficient (Wildman–Crippen LogP) is 1.43. The zero-order valence-electron chi connectivity index (χ0n) is 9.21. The molecule has 0 spiro atoms. The highest BCUT2D eigenvalue weighted by molar-refractivity contribution is 6.32. The number of nitrogens with two attached hydrogens (primary N) is 1. The van der Waals surface area contributed by atoms with Gasteiger partial charge in [-0.1, -0.05) is 11.6 Å². The fourth-order valence-corrected chi connectivity index (χ4v) is 1.39. The third-order valence-corrected chi connectivity index (χ3v) is 2.43. The Labute approximate surface area is 107 Å². The van der Waals surface area contributed by atoms with Crippen LogP contribution in [0.1, 0.15) is 6.42 Å². The number of benzene rings is 1. The van der Waals surface area contributed by atoms with Crippen LogP contribution >= 0.6 is 11.6 Å². The van der Waals surface area contributed by atoms with Crippen LogP contribution in [-0.2, 0) is 4.79 Å². The Kier molecular flexibility index (Phi) is 4.87. The summed E-state index contributed by atoms with van der Waals surface area (Å²) in [6.07, 6.45) is 0.129. The van der Waals surface area contributed by atoms with Gasteiger partial charge in [-0.2, -0.15) is 0 Å². The molecule has 0 aliphatic rings. The van der Waals surface area contributed by atoms with Crippen molar-refractivity contribution < 1.29 is 19.6 Å². The highest BCUT2D eigenvalue weighted by atomic mass is 35.5. The zero-order chi connectivity index (χ0) is 13.7. The minimum absolute atomic E-state index is 0.0416. The SMILES string of the molecule is NC(CCOc1ccc([N+](=O)[O-])c(Cl)c1)C(=O)O. The van der Waals surface area contributed by atoms with Crippen molar-refractivity contribution in [3.63, 3.8) is 0 Å². The number of carboxylic acid groups (broad SMARTS) is 1. The Morgan fingerprint density at radius 3 is 2.78 bits per heavy atom. The smallest absolute Gasteiger partial charge is 0.320 e. The van der Waals surface area contributed by atoms with Crippen LogP contribution in [0.15, 0.2) is 18.2 Å². The van der Waals surface area contributed by atoms with E-state index in [-0.39, 0.29) is 23.7 Å². The zero-order valence-corrected chi connectivity index (χ0v) is 9.96. The molecular weight excluding hydrogens is 264 g/mol. The fraction of sp³-hybridized carbons (Fsp3) is 0.300. The Morgan fingerprint density at radius 2 is 2.28 bits per heavy atom. The van der Waals surface area contributed by atoms with E-state index >= 15 is 0 Å². The van der Waals surface area contributed by atoms with E-state index in [9.17, 15) is 14.9 Å². The number of aliphatic carboxylic acids is 1. The van der Waals surface area contributed by atoms with Crippen LogP contribution in [0.2, 0.25) is 5.02 Å². The maximum Gasteiger partial charge on any atom is 0.320 e. The topological polar surface area (TPSA) is 116 Å². The van der Waals surface area contributed by atoms with Gasteiger partial charge in [0, 0.05) is 18.6 Å². The molecule has 0 amide bonds. The molecule has 8 heteroatoms. The van der Waals surface area contributed by atoms with E-state index in [0.717, 1.165) is 0 Å². The summed E-state index contributed by atoms with van der Waals surface area (Å²) in [6, 6.07) is 2.90. The van der Waals surface area contributed by atoms with Gasteiger partial charge in [-0.3, -0.25) is 14.9 Å². The van der Waals surface area contributed by atoms with E-state index in [1.54, 1.807) is 0 Å². The number of nitrogens with zero attached hydrogens (tertiary/aromatic N) is 1. The van der Waals surface area contributed by atoms with Crippen LogP contribution in [-0.4, -0.2) is 28.6 Å². The molecular formula is C10H11ClN2O5. The molecule has 7 nitrogen and oxygen atoms in total. The lowest BCUT2D eigenvalue weighted by atomic mass is 10.2. The van der Waals surface area contributed by atoms with E-state index in [4.69, 9.17) is 27.2 Å². The molecule has 0 saturated heterocycles. The van der Waals surface area contributed by atoms with Gasteiger partial charge in [-0.25, -0.2) is 0 Å². The van der Waals surface area contributed by atoms with Crippen LogP contribution in [0.25, 0.3) is 0 Å². The standard InChI is InChI=1S/C10H11ClN2O5/c11-7-5-6(1-2-9(7)13(16)17)18-4-3-8(12)10(14)15/h1-2,5,8H,3-4,12H2,(H,14,15). The number of rotatable bonds is 6. The molecule has 1 aromatic rings. The lowest BCUT2D eigenvalue weighted by molar-refractivity contribution is -0.384. The highest BCUT2D eigenvalue weighted by Gasteiger charge is 2.14. The number of carboxylic acids is 1. The summed E-state index contributed by atoms with van der Waals surface area (Å²) in [5.74, 6) is -0.788. The molecule has 0 aliphatic carbocycles. The number of hydrogen-bond donors (Lipinski definition) is 2. The van der Waals surface area contributed by atoms with Gasteiger partial charge in [0.15, 0.2) is 0 Å². The maximum absolute atomic E-state index is 10.5. The Bertz CT molecular complexity index is 466. The first-order valence-corrected chi connectivity index (χ1v) is 5.34. The maximum atomic E-state index is 10.5. The third-order valence-electron chi connectivity index (χ3n) is 2.13. The summed E-state index contributed by atoms with van der Waals surface area (Å²) in [6.45, 7) is 0.0849. The predicted molar refractivity (Wildman–Crippen MR) is 63.8 cm³/mol. The van der Waals surface area contributed by atoms with Gasteiger partial charge < -0.3 is 15.6 Å². The van der Waals surface area contributed by atoms with Crippen LogP contribution in [0, 0.1) is 10.1 Å². The molecule has 0 bridgehead atoms. The molecule has 98 valence electrons. The molecule has 0 fully saturated rings. The average Bonchev–Trinajstić information content (AvgIpc) is 2.28. The molecule has 3 N–H and O–H groups in total. The summed E-state index contributed by atoms with van der Waals surface area (Å²) in [4.78, 5) is 20.3. The van der Waals surface area contributed by atoms with Crippen molar-refractivity contribution in [2.45, 2.75) is 12.5 Å². The lowest BCUT2D eigenvalue weighted by Crippen LogP contribution is -2.31. The number of halogens is 1. The second kappa shape index (κ2) is 6.18. The van der Waals surface area contributed by atoms with Gasteiger partial charge >= 0.3 is 5.97 Å². The molecule has 0 aliphatic heterocycles. The first-order chi connectivity index (χ1) is 8.41. The van der Waals surface area contributed by atoms with Gasteiger partial charge in [0.2, 0.25) is 0 Å². The summed E-state index contributed by atoms with van der Waals surface area (Å²) < 4.78 is 5.19. The van der Waals surface area contributed by atoms with Gasteiger partial charge in [0.25, 0.3) is 5.69 Å². The van der Waals surface area contributed by atoms with Crippen LogP contribution < -0.4 is 10.5 Å². The Balaban J connectivity index is 2.56. The van der Waals surface area contributed by atoms with Crippen molar-refractivity contribution in [1.29, 1.82) is 0 Å². The van der Waals surface area contributed by atoms with Crippen LogP contribution in [0.4, 0.5) is 5.69 Å². The summed E-state index contributed by atoms with van der Waals surface area (Å²) in [5.41, 5.74) is 5.06. The molecule has 1 aromatic carbocycles. The monoisotopic (exact) mass is 274 g/mol. The van der Waals surface area contributed by atoms with E-state index in [1.807, 2.05) is 0 Å². The Morgan fingerprint density at radius 1 is 1.61 bits per heavy atom. The molecule has 1 atom stereocenters. The number of nitro benzene ring substituents is 1. The van der Waals surface area contributed by atoms with E-state index < -0.39 is 16.9 Å². The third kappa shape index (κ3) is 3.86. The minimum atomic E-state index is -1.11. The number of nitro groups is 1. The number of hydrogen-bond acceptors (Lipinski definition) is 5. The first kappa shape index (κ1) is 14.2. The Hall–Kier alpha value is -1.86. The van der Waals surface area contributed by atoms with Gasteiger partial charge in [0.1, 0.15) is 16.8 Å².